The second-order valence-corrected chi connectivity index (χ2v) is 6.84. The first-order valence-corrected chi connectivity index (χ1v) is 9.27. The Balaban J connectivity index is 1.72. The van der Waals surface area contributed by atoms with Gasteiger partial charge in [-0.05, 0) is 12.1 Å². The number of nitrogens with zero attached hydrogens (tertiary/aromatic N) is 3. The van der Waals surface area contributed by atoms with Crippen LogP contribution in [0.4, 0.5) is 0 Å². The Hall–Kier alpha value is -2.51. The molecule has 4 rings (SSSR count). The third kappa shape index (κ3) is 3.65. The average Bonchev–Trinajstić information content (AvgIpc) is 2.73. The fraction of sp³-hybridized carbons (Fsp3) is 0.450. The summed E-state index contributed by atoms with van der Waals surface area (Å²) < 4.78 is 11.2. The minimum absolute atomic E-state index is 0.0163. The SMILES string of the molecule is CC(=O)N1CCO[C@H](c2cc(C(=O)N3CCOCC3)c3ccccc3n2)C1. The van der Waals surface area contributed by atoms with Gasteiger partial charge in [-0.15, -0.1) is 0 Å². The number of hydrogen-bond donors (Lipinski definition) is 0. The molecule has 1 aromatic heterocycles. The van der Waals surface area contributed by atoms with Gasteiger partial charge in [-0.3, -0.25) is 9.59 Å². The van der Waals surface area contributed by atoms with Gasteiger partial charge in [0.25, 0.3) is 5.91 Å². The van der Waals surface area contributed by atoms with Crippen molar-refractivity contribution in [3.63, 3.8) is 0 Å². The van der Waals surface area contributed by atoms with Crippen LogP contribution in [-0.4, -0.2) is 72.6 Å². The number of fused-ring (bicyclic) bond motifs is 1. The molecule has 0 unspecified atom stereocenters. The standard InChI is InChI=1S/C20H23N3O4/c1-14(24)23-8-11-27-19(13-23)18-12-16(15-4-2-3-5-17(15)21-18)20(25)22-6-9-26-10-7-22/h2-5,12,19H,6-11,13H2,1H3/t19-/m0/s1. The summed E-state index contributed by atoms with van der Waals surface area (Å²) in [6.45, 7) is 5.34. The number of benzene rings is 1. The van der Waals surface area contributed by atoms with Gasteiger partial charge in [-0.2, -0.15) is 0 Å². The minimum atomic E-state index is -0.330. The number of para-hydroxylation sites is 1. The molecule has 2 aliphatic heterocycles. The van der Waals surface area contributed by atoms with E-state index in [4.69, 9.17) is 14.5 Å². The molecule has 7 nitrogen and oxygen atoms in total. The molecule has 0 spiro atoms. The maximum absolute atomic E-state index is 13.2. The van der Waals surface area contributed by atoms with Crippen molar-refractivity contribution in [2.24, 2.45) is 0 Å². The molecule has 2 aliphatic rings. The van der Waals surface area contributed by atoms with Gasteiger partial charge in [0, 0.05) is 31.9 Å². The van der Waals surface area contributed by atoms with Gasteiger partial charge in [0.1, 0.15) is 6.10 Å². The van der Waals surface area contributed by atoms with Crippen molar-refractivity contribution in [2.45, 2.75) is 13.0 Å². The lowest BCUT2D eigenvalue weighted by Gasteiger charge is -2.32. The topological polar surface area (TPSA) is 72.0 Å². The number of carbonyl (C=O) groups is 2. The highest BCUT2D eigenvalue weighted by atomic mass is 16.5. The number of amides is 2. The van der Waals surface area contributed by atoms with Gasteiger partial charge in [-0.1, -0.05) is 18.2 Å². The second-order valence-electron chi connectivity index (χ2n) is 6.84. The molecular formula is C20H23N3O4. The molecule has 2 aromatic rings. The summed E-state index contributed by atoms with van der Waals surface area (Å²) in [5.41, 5.74) is 2.08. The molecule has 1 atom stereocenters. The first-order chi connectivity index (χ1) is 13.1. The molecule has 7 heteroatoms. The van der Waals surface area contributed by atoms with E-state index in [0.29, 0.717) is 57.3 Å². The lowest BCUT2D eigenvalue weighted by atomic mass is 10.0. The van der Waals surface area contributed by atoms with Crippen molar-refractivity contribution in [1.29, 1.82) is 0 Å². The predicted octanol–water partition coefficient (Wildman–Crippen LogP) is 1.63. The number of ether oxygens (including phenoxy) is 2. The molecule has 2 fully saturated rings. The zero-order valence-corrected chi connectivity index (χ0v) is 15.4. The van der Waals surface area contributed by atoms with Crippen molar-refractivity contribution in [3.05, 3.63) is 41.6 Å². The molecular weight excluding hydrogens is 346 g/mol. The van der Waals surface area contributed by atoms with E-state index in [0.717, 1.165) is 10.9 Å². The summed E-state index contributed by atoms with van der Waals surface area (Å²) >= 11 is 0. The molecule has 0 saturated carbocycles. The summed E-state index contributed by atoms with van der Waals surface area (Å²) in [6, 6.07) is 9.47. The van der Waals surface area contributed by atoms with Crippen LogP contribution in [0.2, 0.25) is 0 Å². The van der Waals surface area contributed by atoms with Crippen LogP contribution in [0.25, 0.3) is 10.9 Å². The maximum Gasteiger partial charge on any atom is 0.254 e. The molecule has 2 amide bonds. The summed E-state index contributed by atoms with van der Waals surface area (Å²) in [7, 11) is 0. The zero-order chi connectivity index (χ0) is 18.8. The minimum Gasteiger partial charge on any atom is -0.378 e. The van der Waals surface area contributed by atoms with Crippen LogP contribution in [0.15, 0.2) is 30.3 Å². The Bertz CT molecular complexity index is 863. The van der Waals surface area contributed by atoms with E-state index in [1.54, 1.807) is 11.8 Å². The van der Waals surface area contributed by atoms with E-state index in [9.17, 15) is 9.59 Å². The number of rotatable bonds is 2. The third-order valence-electron chi connectivity index (χ3n) is 5.11. The summed E-state index contributed by atoms with van der Waals surface area (Å²) in [4.78, 5) is 33.2. The quantitative estimate of drug-likeness (QED) is 0.805. The van der Waals surface area contributed by atoms with E-state index in [2.05, 4.69) is 0 Å². The number of pyridine rings is 1. The highest BCUT2D eigenvalue weighted by Gasteiger charge is 2.27. The fourth-order valence-corrected chi connectivity index (χ4v) is 3.59. The molecule has 0 N–H and O–H groups in total. The lowest BCUT2D eigenvalue weighted by molar-refractivity contribution is -0.136. The van der Waals surface area contributed by atoms with Crippen LogP contribution < -0.4 is 0 Å². The smallest absolute Gasteiger partial charge is 0.254 e. The Morgan fingerprint density at radius 1 is 1.07 bits per heavy atom. The predicted molar refractivity (Wildman–Crippen MR) is 99.4 cm³/mol. The van der Waals surface area contributed by atoms with Crippen molar-refractivity contribution < 1.29 is 19.1 Å². The highest BCUT2D eigenvalue weighted by molar-refractivity contribution is 6.06. The molecule has 1 aromatic carbocycles. The van der Waals surface area contributed by atoms with Gasteiger partial charge in [0.2, 0.25) is 5.91 Å². The number of morpholine rings is 2. The third-order valence-corrected chi connectivity index (χ3v) is 5.11. The molecule has 0 aliphatic carbocycles. The van der Waals surface area contributed by atoms with E-state index >= 15 is 0 Å². The van der Waals surface area contributed by atoms with Crippen molar-refractivity contribution >= 4 is 22.7 Å². The molecule has 3 heterocycles. The van der Waals surface area contributed by atoms with Gasteiger partial charge >= 0.3 is 0 Å². The Morgan fingerprint density at radius 2 is 1.81 bits per heavy atom. The van der Waals surface area contributed by atoms with E-state index in [1.165, 1.54) is 0 Å². The highest BCUT2D eigenvalue weighted by Crippen LogP contribution is 2.27. The summed E-state index contributed by atoms with van der Waals surface area (Å²) in [6.07, 6.45) is -0.330. The van der Waals surface area contributed by atoms with Crippen molar-refractivity contribution in [2.75, 3.05) is 46.0 Å². The normalized spacial score (nSPS) is 20.7. The number of aromatic nitrogens is 1. The molecule has 27 heavy (non-hydrogen) atoms. The van der Waals surface area contributed by atoms with Crippen LogP contribution >= 0.6 is 0 Å². The Kier molecular flexibility index (Phi) is 5.05. The van der Waals surface area contributed by atoms with Crippen molar-refractivity contribution in [3.8, 4) is 0 Å². The first kappa shape index (κ1) is 17.9. The Morgan fingerprint density at radius 3 is 2.59 bits per heavy atom. The number of hydrogen-bond acceptors (Lipinski definition) is 5. The summed E-state index contributed by atoms with van der Waals surface area (Å²) in [5.74, 6) is 0.00564. The lowest BCUT2D eigenvalue weighted by Crippen LogP contribution is -2.42. The largest absolute Gasteiger partial charge is 0.378 e. The van der Waals surface area contributed by atoms with E-state index < -0.39 is 0 Å². The van der Waals surface area contributed by atoms with Gasteiger partial charge in [0.15, 0.2) is 0 Å². The maximum atomic E-state index is 13.2. The van der Waals surface area contributed by atoms with E-state index in [-0.39, 0.29) is 17.9 Å². The molecule has 142 valence electrons. The molecule has 2 saturated heterocycles. The molecule has 0 bridgehead atoms. The van der Waals surface area contributed by atoms with Gasteiger partial charge in [-0.25, -0.2) is 4.98 Å². The second kappa shape index (κ2) is 7.62. The Labute approximate surface area is 157 Å². The van der Waals surface area contributed by atoms with Crippen molar-refractivity contribution in [1.82, 2.24) is 14.8 Å². The van der Waals surface area contributed by atoms with Crippen LogP contribution in [-0.2, 0) is 14.3 Å². The van der Waals surface area contributed by atoms with Crippen LogP contribution in [0.1, 0.15) is 29.1 Å². The monoisotopic (exact) mass is 369 g/mol. The first-order valence-electron chi connectivity index (χ1n) is 9.27. The van der Waals surface area contributed by atoms with Crippen LogP contribution in [0.5, 0.6) is 0 Å². The number of carbonyl (C=O) groups excluding carboxylic acids is 2. The molecule has 0 radical (unpaired) electrons. The van der Waals surface area contributed by atoms with Gasteiger partial charge in [0.05, 0.1) is 43.1 Å². The zero-order valence-electron chi connectivity index (χ0n) is 15.4. The average molecular weight is 369 g/mol. The van der Waals surface area contributed by atoms with Crippen LogP contribution in [0, 0.1) is 0 Å². The van der Waals surface area contributed by atoms with Gasteiger partial charge < -0.3 is 19.3 Å². The van der Waals surface area contributed by atoms with Crippen LogP contribution in [0.3, 0.4) is 0 Å². The summed E-state index contributed by atoms with van der Waals surface area (Å²) in [5, 5.41) is 0.831. The van der Waals surface area contributed by atoms with E-state index in [1.807, 2.05) is 35.2 Å². The fourth-order valence-electron chi connectivity index (χ4n) is 3.59.